The molecule has 0 aromatic heterocycles. The molecule has 0 spiro atoms. The van der Waals surface area contributed by atoms with Gasteiger partial charge in [0, 0.05) is 12.6 Å². The summed E-state index contributed by atoms with van der Waals surface area (Å²) in [7, 11) is 1.38. The van der Waals surface area contributed by atoms with Crippen LogP contribution in [0, 0.1) is 0 Å². The molecule has 0 radical (unpaired) electrons. The molecule has 0 unspecified atom stereocenters. The van der Waals surface area contributed by atoms with Crippen LogP contribution in [-0.4, -0.2) is 41.9 Å². The molecule has 1 aliphatic rings. The normalized spacial score (nSPS) is 30.1. The minimum absolute atomic E-state index is 0.0844. The van der Waals surface area contributed by atoms with E-state index in [4.69, 9.17) is 0 Å². The van der Waals surface area contributed by atoms with Crippen molar-refractivity contribution < 1.29 is 14.6 Å². The van der Waals surface area contributed by atoms with Crippen molar-refractivity contribution in [2.75, 3.05) is 13.7 Å². The number of ether oxygens (including phenoxy) is 1. The molecule has 0 aliphatic carbocycles. The second-order valence-electron chi connectivity index (χ2n) is 3.19. The highest BCUT2D eigenvalue weighted by atomic mass is 16.5. The van der Waals surface area contributed by atoms with Crippen LogP contribution in [0.3, 0.4) is 0 Å². The van der Waals surface area contributed by atoms with Gasteiger partial charge in [-0.1, -0.05) is 0 Å². The molecule has 0 bridgehead atoms. The number of carbonyl (C=O) groups excluding carboxylic acids is 1. The van der Waals surface area contributed by atoms with Crippen LogP contribution in [-0.2, 0) is 4.74 Å². The summed E-state index contributed by atoms with van der Waals surface area (Å²) in [6.45, 7) is 2.51. The van der Waals surface area contributed by atoms with Crippen LogP contribution >= 0.6 is 0 Å². The third-order valence-corrected chi connectivity index (χ3v) is 2.26. The largest absolute Gasteiger partial charge is 0.453 e. The predicted molar refractivity (Wildman–Crippen MR) is 43.8 cm³/mol. The number of likely N-dealkylation sites (tertiary alicyclic amines) is 1. The van der Waals surface area contributed by atoms with Gasteiger partial charge in [0.15, 0.2) is 0 Å². The van der Waals surface area contributed by atoms with Crippen molar-refractivity contribution in [1.29, 1.82) is 0 Å². The highest BCUT2D eigenvalue weighted by Gasteiger charge is 2.27. The van der Waals surface area contributed by atoms with E-state index in [2.05, 4.69) is 4.74 Å². The van der Waals surface area contributed by atoms with Crippen molar-refractivity contribution in [3.63, 3.8) is 0 Å². The van der Waals surface area contributed by atoms with Crippen molar-refractivity contribution >= 4 is 6.09 Å². The molecule has 0 saturated carbocycles. The number of hydrogen-bond acceptors (Lipinski definition) is 3. The Morgan fingerprint density at radius 2 is 2.33 bits per heavy atom. The van der Waals surface area contributed by atoms with E-state index >= 15 is 0 Å². The predicted octanol–water partition coefficient (Wildman–Crippen LogP) is 0.598. The molecule has 4 nitrogen and oxygen atoms in total. The van der Waals surface area contributed by atoms with E-state index in [1.165, 1.54) is 7.11 Å². The van der Waals surface area contributed by atoms with Crippen LogP contribution < -0.4 is 0 Å². The van der Waals surface area contributed by atoms with Gasteiger partial charge < -0.3 is 14.7 Å². The molecule has 1 aliphatic heterocycles. The number of rotatable bonds is 0. The van der Waals surface area contributed by atoms with Gasteiger partial charge in [0.1, 0.15) is 0 Å². The average Bonchev–Trinajstić information content (AvgIpc) is 2.03. The molecule has 1 amide bonds. The Hall–Kier alpha value is -0.770. The third kappa shape index (κ3) is 1.88. The number of amides is 1. The van der Waals surface area contributed by atoms with Crippen molar-refractivity contribution in [2.45, 2.75) is 31.9 Å². The Bertz CT molecular complexity index is 172. The minimum atomic E-state index is -0.297. The van der Waals surface area contributed by atoms with Crippen LogP contribution in [0.5, 0.6) is 0 Å². The first kappa shape index (κ1) is 9.32. The Balaban J connectivity index is 2.50. The minimum Gasteiger partial charge on any atom is -0.453 e. The number of hydrogen-bond donors (Lipinski definition) is 1. The van der Waals surface area contributed by atoms with Gasteiger partial charge in [0.2, 0.25) is 0 Å². The Morgan fingerprint density at radius 1 is 1.67 bits per heavy atom. The lowest BCUT2D eigenvalue weighted by molar-refractivity contribution is 0.0418. The number of aliphatic hydroxyl groups is 1. The van der Waals surface area contributed by atoms with Crippen LogP contribution in [0.4, 0.5) is 4.79 Å². The fraction of sp³-hybridized carbons (Fsp3) is 0.875. The van der Waals surface area contributed by atoms with E-state index in [9.17, 15) is 9.90 Å². The number of nitrogens with zero attached hydrogens (tertiary/aromatic N) is 1. The zero-order valence-electron chi connectivity index (χ0n) is 7.49. The van der Waals surface area contributed by atoms with E-state index in [1.54, 1.807) is 4.90 Å². The number of piperidine rings is 1. The molecular weight excluding hydrogens is 158 g/mol. The quantitative estimate of drug-likeness (QED) is 0.583. The van der Waals surface area contributed by atoms with E-state index in [0.717, 1.165) is 0 Å². The highest BCUT2D eigenvalue weighted by Crippen LogP contribution is 2.17. The van der Waals surface area contributed by atoms with Crippen molar-refractivity contribution in [3.8, 4) is 0 Å². The Kier molecular flexibility index (Phi) is 2.92. The maximum Gasteiger partial charge on any atom is 0.409 e. The van der Waals surface area contributed by atoms with Gasteiger partial charge in [0.05, 0.1) is 13.2 Å². The van der Waals surface area contributed by atoms with Gasteiger partial charge >= 0.3 is 6.09 Å². The Morgan fingerprint density at radius 3 is 2.83 bits per heavy atom. The summed E-state index contributed by atoms with van der Waals surface area (Å²) in [5.41, 5.74) is 0. The zero-order valence-corrected chi connectivity index (χ0v) is 7.49. The number of carbonyl (C=O) groups is 1. The van der Waals surface area contributed by atoms with Gasteiger partial charge in [-0.15, -0.1) is 0 Å². The van der Waals surface area contributed by atoms with Gasteiger partial charge in [0.25, 0.3) is 0 Å². The van der Waals surface area contributed by atoms with E-state index in [1.807, 2.05) is 6.92 Å². The lowest BCUT2D eigenvalue weighted by atomic mass is 10.0. The Labute approximate surface area is 72.1 Å². The molecule has 0 aromatic rings. The summed E-state index contributed by atoms with van der Waals surface area (Å²) in [6.07, 6.45) is 0.740. The summed E-state index contributed by atoms with van der Waals surface area (Å²) in [5.74, 6) is 0. The maximum absolute atomic E-state index is 11.1. The van der Waals surface area contributed by atoms with E-state index < -0.39 is 0 Å². The molecule has 70 valence electrons. The average molecular weight is 173 g/mol. The van der Waals surface area contributed by atoms with Gasteiger partial charge in [-0.2, -0.15) is 0 Å². The molecule has 2 atom stereocenters. The van der Waals surface area contributed by atoms with Gasteiger partial charge in [-0.3, -0.25) is 0 Å². The maximum atomic E-state index is 11.1. The van der Waals surface area contributed by atoms with Crippen LogP contribution in [0.25, 0.3) is 0 Å². The number of methoxy groups -OCH3 is 1. The highest BCUT2D eigenvalue weighted by molar-refractivity contribution is 5.67. The first-order chi connectivity index (χ1) is 5.65. The zero-order chi connectivity index (χ0) is 9.14. The molecule has 4 heteroatoms. The third-order valence-electron chi connectivity index (χ3n) is 2.26. The molecular formula is C8H15NO3. The van der Waals surface area contributed by atoms with Gasteiger partial charge in [-0.05, 0) is 19.8 Å². The van der Waals surface area contributed by atoms with Crippen LogP contribution in [0.2, 0.25) is 0 Å². The van der Waals surface area contributed by atoms with Crippen molar-refractivity contribution in [2.24, 2.45) is 0 Å². The van der Waals surface area contributed by atoms with Crippen molar-refractivity contribution in [3.05, 3.63) is 0 Å². The van der Waals surface area contributed by atoms with Crippen molar-refractivity contribution in [1.82, 2.24) is 4.90 Å². The smallest absolute Gasteiger partial charge is 0.409 e. The molecule has 1 saturated heterocycles. The second kappa shape index (κ2) is 3.76. The summed E-state index contributed by atoms with van der Waals surface area (Å²) >= 11 is 0. The number of aliphatic hydroxyl groups excluding tert-OH is 1. The fourth-order valence-electron chi connectivity index (χ4n) is 1.54. The summed E-state index contributed by atoms with van der Waals surface area (Å²) in [4.78, 5) is 12.8. The first-order valence-corrected chi connectivity index (χ1v) is 4.17. The van der Waals surface area contributed by atoms with Crippen LogP contribution in [0.1, 0.15) is 19.8 Å². The van der Waals surface area contributed by atoms with Crippen LogP contribution in [0.15, 0.2) is 0 Å². The van der Waals surface area contributed by atoms with E-state index in [-0.39, 0.29) is 18.2 Å². The SMILES string of the molecule is COC(=O)N1CC[C@H](O)C[C@H]1C. The van der Waals surface area contributed by atoms with E-state index in [0.29, 0.717) is 19.4 Å². The first-order valence-electron chi connectivity index (χ1n) is 4.17. The van der Waals surface area contributed by atoms with Gasteiger partial charge in [-0.25, -0.2) is 4.79 Å². The molecule has 0 aromatic carbocycles. The molecule has 1 heterocycles. The monoisotopic (exact) mass is 173 g/mol. The molecule has 1 fully saturated rings. The molecule has 1 rings (SSSR count). The lowest BCUT2D eigenvalue weighted by Gasteiger charge is -2.34. The fourth-order valence-corrected chi connectivity index (χ4v) is 1.54. The summed E-state index contributed by atoms with van der Waals surface area (Å²) in [6, 6.07) is 0.0844. The topological polar surface area (TPSA) is 49.8 Å². The standard InChI is InChI=1S/C8H15NO3/c1-6-5-7(10)3-4-9(6)8(11)12-2/h6-7,10H,3-5H2,1-2H3/t6-,7+/m1/s1. The summed E-state index contributed by atoms with van der Waals surface area (Å²) < 4.78 is 4.60. The molecule has 12 heavy (non-hydrogen) atoms. The molecule has 1 N–H and O–H groups in total. The summed E-state index contributed by atoms with van der Waals surface area (Å²) in [5, 5.41) is 9.27. The lowest BCUT2D eigenvalue weighted by Crippen LogP contribution is -2.45. The second-order valence-corrected chi connectivity index (χ2v) is 3.19.